The minimum absolute atomic E-state index is 0.808. The Labute approximate surface area is 67.5 Å². The molecule has 58 valence electrons. The number of hydrogen-bond donors (Lipinski definition) is 1. The van der Waals surface area contributed by atoms with E-state index < -0.39 is 0 Å². The van der Waals surface area contributed by atoms with Crippen LogP contribution in [-0.4, -0.2) is 0 Å². The molecule has 0 unspecified atom stereocenters. The number of allylic oxidation sites excluding steroid dienone is 1. The van der Waals surface area contributed by atoms with Gasteiger partial charge in [0.1, 0.15) is 0 Å². The van der Waals surface area contributed by atoms with Crippen molar-refractivity contribution in [2.45, 2.75) is 13.8 Å². The third-order valence-electron chi connectivity index (χ3n) is 1.67. The standard InChI is InChI=1S/C10H13N/c1-7(2)9-6-8(3)4-5-10(9)11/h4-6H,1,11H2,2-3H3. The van der Waals surface area contributed by atoms with Gasteiger partial charge >= 0.3 is 0 Å². The van der Waals surface area contributed by atoms with E-state index in [4.69, 9.17) is 5.73 Å². The molecule has 2 N–H and O–H groups in total. The molecule has 1 aromatic carbocycles. The predicted molar refractivity (Wildman–Crippen MR) is 50.3 cm³/mol. The smallest absolute Gasteiger partial charge is 0.0390 e. The number of benzene rings is 1. The van der Waals surface area contributed by atoms with Crippen molar-refractivity contribution >= 4 is 11.3 Å². The molecular formula is C10H13N. The molecule has 1 nitrogen and oxygen atoms in total. The highest BCUT2D eigenvalue weighted by Gasteiger charge is 1.98. The first kappa shape index (κ1) is 7.86. The molecule has 0 aliphatic rings. The number of nitrogen functional groups attached to an aromatic ring is 1. The lowest BCUT2D eigenvalue weighted by atomic mass is 10.0. The quantitative estimate of drug-likeness (QED) is 0.607. The number of aryl methyl sites for hydroxylation is 1. The van der Waals surface area contributed by atoms with Crippen LogP contribution >= 0.6 is 0 Å². The van der Waals surface area contributed by atoms with Crippen LogP contribution in [-0.2, 0) is 0 Å². The number of nitrogens with two attached hydrogens (primary N) is 1. The summed E-state index contributed by atoms with van der Waals surface area (Å²) in [5.41, 5.74) is 9.84. The van der Waals surface area contributed by atoms with E-state index in [1.165, 1.54) is 5.56 Å². The van der Waals surface area contributed by atoms with Crippen molar-refractivity contribution in [1.82, 2.24) is 0 Å². The Morgan fingerprint density at radius 3 is 2.55 bits per heavy atom. The van der Waals surface area contributed by atoms with Gasteiger partial charge in [0, 0.05) is 5.69 Å². The second-order valence-electron chi connectivity index (χ2n) is 2.87. The van der Waals surface area contributed by atoms with Gasteiger partial charge in [0.05, 0.1) is 0 Å². The van der Waals surface area contributed by atoms with Crippen LogP contribution in [0.5, 0.6) is 0 Å². The lowest BCUT2D eigenvalue weighted by Crippen LogP contribution is -1.91. The molecule has 0 radical (unpaired) electrons. The molecule has 1 rings (SSSR count). The van der Waals surface area contributed by atoms with Crippen LogP contribution in [0.2, 0.25) is 0 Å². The zero-order valence-electron chi connectivity index (χ0n) is 7.02. The van der Waals surface area contributed by atoms with Crippen molar-refractivity contribution in [3.8, 4) is 0 Å². The largest absolute Gasteiger partial charge is 0.398 e. The molecule has 0 saturated carbocycles. The molecule has 0 heterocycles. The average Bonchev–Trinajstić information content (AvgIpc) is 1.94. The molecule has 0 aromatic heterocycles. The van der Waals surface area contributed by atoms with Crippen LogP contribution < -0.4 is 5.73 Å². The maximum Gasteiger partial charge on any atom is 0.0390 e. The van der Waals surface area contributed by atoms with E-state index in [0.29, 0.717) is 0 Å². The summed E-state index contributed by atoms with van der Waals surface area (Å²) in [5.74, 6) is 0. The van der Waals surface area contributed by atoms with Gasteiger partial charge in [-0.05, 0) is 37.1 Å². The summed E-state index contributed by atoms with van der Waals surface area (Å²) in [7, 11) is 0. The fourth-order valence-corrected chi connectivity index (χ4v) is 1.04. The van der Waals surface area contributed by atoms with E-state index in [0.717, 1.165) is 16.8 Å². The van der Waals surface area contributed by atoms with Gasteiger partial charge in [-0.1, -0.05) is 18.2 Å². The van der Waals surface area contributed by atoms with E-state index in [1.807, 2.05) is 26.0 Å². The van der Waals surface area contributed by atoms with Gasteiger partial charge in [-0.25, -0.2) is 0 Å². The van der Waals surface area contributed by atoms with Gasteiger partial charge in [0.2, 0.25) is 0 Å². The van der Waals surface area contributed by atoms with Crippen LogP contribution in [0.25, 0.3) is 5.57 Å². The SMILES string of the molecule is C=C(C)c1cc(C)ccc1N. The van der Waals surface area contributed by atoms with Crippen molar-refractivity contribution < 1.29 is 0 Å². The van der Waals surface area contributed by atoms with Gasteiger partial charge in [0.25, 0.3) is 0 Å². The van der Waals surface area contributed by atoms with Gasteiger partial charge in [-0.2, -0.15) is 0 Å². The lowest BCUT2D eigenvalue weighted by molar-refractivity contribution is 1.44. The Morgan fingerprint density at radius 2 is 2.09 bits per heavy atom. The second kappa shape index (κ2) is 2.79. The Hall–Kier alpha value is -1.24. The molecule has 0 fully saturated rings. The third-order valence-corrected chi connectivity index (χ3v) is 1.67. The zero-order valence-corrected chi connectivity index (χ0v) is 7.02. The summed E-state index contributed by atoms with van der Waals surface area (Å²) in [6, 6.07) is 5.97. The third kappa shape index (κ3) is 1.61. The highest BCUT2D eigenvalue weighted by Crippen LogP contribution is 2.20. The van der Waals surface area contributed by atoms with E-state index in [1.54, 1.807) is 0 Å². The zero-order chi connectivity index (χ0) is 8.43. The summed E-state index contributed by atoms with van der Waals surface area (Å²) in [5, 5.41) is 0. The molecule has 0 aliphatic carbocycles. The Balaban J connectivity index is 3.23. The molecule has 0 spiro atoms. The van der Waals surface area contributed by atoms with Crippen LogP contribution in [0.4, 0.5) is 5.69 Å². The maximum atomic E-state index is 5.73. The first-order chi connectivity index (χ1) is 5.11. The monoisotopic (exact) mass is 147 g/mol. The Morgan fingerprint density at radius 1 is 1.45 bits per heavy atom. The first-order valence-corrected chi connectivity index (χ1v) is 3.63. The number of hydrogen-bond acceptors (Lipinski definition) is 1. The Kier molecular flexibility index (Phi) is 1.99. The van der Waals surface area contributed by atoms with Crippen LogP contribution in [0.3, 0.4) is 0 Å². The number of rotatable bonds is 1. The normalized spacial score (nSPS) is 9.64. The molecule has 0 saturated heterocycles. The predicted octanol–water partition coefficient (Wildman–Crippen LogP) is 2.61. The molecule has 0 amide bonds. The number of anilines is 1. The highest BCUT2D eigenvalue weighted by molar-refractivity contribution is 5.72. The summed E-state index contributed by atoms with van der Waals surface area (Å²) in [6.07, 6.45) is 0. The van der Waals surface area contributed by atoms with Gasteiger partial charge in [0.15, 0.2) is 0 Å². The topological polar surface area (TPSA) is 26.0 Å². The molecule has 11 heavy (non-hydrogen) atoms. The van der Waals surface area contributed by atoms with E-state index in [9.17, 15) is 0 Å². The molecule has 0 bridgehead atoms. The molecular weight excluding hydrogens is 134 g/mol. The summed E-state index contributed by atoms with van der Waals surface area (Å²) in [4.78, 5) is 0. The van der Waals surface area contributed by atoms with Crippen molar-refractivity contribution in [3.05, 3.63) is 35.9 Å². The first-order valence-electron chi connectivity index (χ1n) is 3.63. The minimum Gasteiger partial charge on any atom is -0.398 e. The van der Waals surface area contributed by atoms with Gasteiger partial charge in [-0.3, -0.25) is 0 Å². The van der Waals surface area contributed by atoms with E-state index in [2.05, 4.69) is 12.6 Å². The van der Waals surface area contributed by atoms with Crippen LogP contribution in [0.15, 0.2) is 24.8 Å². The Bertz CT molecular complexity index is 287. The van der Waals surface area contributed by atoms with Gasteiger partial charge < -0.3 is 5.73 Å². The van der Waals surface area contributed by atoms with Crippen molar-refractivity contribution in [3.63, 3.8) is 0 Å². The summed E-state index contributed by atoms with van der Waals surface area (Å²) < 4.78 is 0. The summed E-state index contributed by atoms with van der Waals surface area (Å²) in [6.45, 7) is 7.86. The maximum absolute atomic E-state index is 5.73. The van der Waals surface area contributed by atoms with E-state index >= 15 is 0 Å². The molecule has 0 atom stereocenters. The van der Waals surface area contributed by atoms with Crippen molar-refractivity contribution in [2.75, 3.05) is 5.73 Å². The van der Waals surface area contributed by atoms with Crippen LogP contribution in [0, 0.1) is 6.92 Å². The fraction of sp³-hybridized carbons (Fsp3) is 0.200. The van der Waals surface area contributed by atoms with E-state index in [-0.39, 0.29) is 0 Å². The van der Waals surface area contributed by atoms with Crippen molar-refractivity contribution in [1.29, 1.82) is 0 Å². The minimum atomic E-state index is 0.808. The highest BCUT2D eigenvalue weighted by atomic mass is 14.6. The second-order valence-corrected chi connectivity index (χ2v) is 2.87. The van der Waals surface area contributed by atoms with Gasteiger partial charge in [-0.15, -0.1) is 0 Å². The van der Waals surface area contributed by atoms with Crippen molar-refractivity contribution in [2.24, 2.45) is 0 Å². The molecule has 0 aliphatic heterocycles. The summed E-state index contributed by atoms with van der Waals surface area (Å²) >= 11 is 0. The molecule has 1 heteroatoms. The average molecular weight is 147 g/mol. The molecule has 1 aromatic rings. The lowest BCUT2D eigenvalue weighted by Gasteiger charge is -2.04. The van der Waals surface area contributed by atoms with Crippen LogP contribution in [0.1, 0.15) is 18.1 Å². The fourth-order valence-electron chi connectivity index (χ4n) is 1.04.